The van der Waals surface area contributed by atoms with Crippen LogP contribution >= 0.6 is 0 Å². The number of nitrogens with one attached hydrogen (secondary N) is 1. The molecule has 0 fully saturated rings. The number of hydrogen-bond donors (Lipinski definition) is 1. The number of nitrogens with zero attached hydrogens (tertiary/aromatic N) is 3. The number of anilines is 2. The summed E-state index contributed by atoms with van der Waals surface area (Å²) in [4.78, 5) is 12.5. The number of nitro groups is 1. The first-order valence-electron chi connectivity index (χ1n) is 6.13. The average Bonchev–Trinajstić information content (AvgIpc) is 2.43. The highest BCUT2D eigenvalue weighted by molar-refractivity contribution is 5.64. The minimum absolute atomic E-state index is 0.0462. The second-order valence-electron chi connectivity index (χ2n) is 4.31. The molecule has 0 aliphatic heterocycles. The van der Waals surface area contributed by atoms with Gasteiger partial charge in [-0.25, -0.2) is 0 Å². The van der Waals surface area contributed by atoms with Crippen molar-refractivity contribution in [2.24, 2.45) is 5.92 Å². The highest BCUT2D eigenvalue weighted by Crippen LogP contribution is 2.27. The molecule has 6 heteroatoms. The molecule has 1 N–H and O–H groups in total. The van der Waals surface area contributed by atoms with Crippen LogP contribution in [0.5, 0.6) is 0 Å². The third-order valence-electron chi connectivity index (χ3n) is 2.86. The lowest BCUT2D eigenvalue weighted by Gasteiger charge is -2.24. The molecular formula is C13H18N4O2. The van der Waals surface area contributed by atoms with Crippen molar-refractivity contribution in [2.45, 2.75) is 13.8 Å². The van der Waals surface area contributed by atoms with E-state index in [0.29, 0.717) is 18.8 Å². The van der Waals surface area contributed by atoms with Crippen LogP contribution < -0.4 is 10.2 Å². The fourth-order valence-electron chi connectivity index (χ4n) is 1.82. The van der Waals surface area contributed by atoms with Gasteiger partial charge in [-0.3, -0.25) is 10.1 Å². The lowest BCUT2D eigenvalue weighted by atomic mass is 10.1. The minimum Gasteiger partial charge on any atom is -0.388 e. The van der Waals surface area contributed by atoms with Crippen molar-refractivity contribution in [3.63, 3.8) is 0 Å². The lowest BCUT2D eigenvalue weighted by Crippen LogP contribution is -2.27. The number of nitro benzene ring substituents is 1. The van der Waals surface area contributed by atoms with Crippen LogP contribution in [0.15, 0.2) is 18.2 Å². The Morgan fingerprint density at radius 2 is 2.21 bits per heavy atom. The quantitative estimate of drug-likeness (QED) is 0.629. The van der Waals surface area contributed by atoms with E-state index < -0.39 is 4.92 Å². The smallest absolute Gasteiger partial charge is 0.273 e. The summed E-state index contributed by atoms with van der Waals surface area (Å²) in [5.41, 5.74) is 1.49. The van der Waals surface area contributed by atoms with Gasteiger partial charge in [0, 0.05) is 43.6 Å². The molecule has 19 heavy (non-hydrogen) atoms. The van der Waals surface area contributed by atoms with Crippen LogP contribution in [0, 0.1) is 27.4 Å². The lowest BCUT2D eigenvalue weighted by molar-refractivity contribution is -0.384. The number of benzene rings is 1. The molecule has 1 atom stereocenters. The third kappa shape index (κ3) is 3.85. The largest absolute Gasteiger partial charge is 0.388 e. The molecule has 0 aliphatic carbocycles. The molecule has 0 aromatic heterocycles. The molecule has 0 radical (unpaired) electrons. The molecule has 0 saturated carbocycles. The Hall–Kier alpha value is -2.29. The summed E-state index contributed by atoms with van der Waals surface area (Å²) in [5.74, 6) is -0.128. The Balaban J connectivity index is 3.12. The van der Waals surface area contributed by atoms with E-state index in [1.807, 2.05) is 24.8 Å². The van der Waals surface area contributed by atoms with Crippen LogP contribution in [-0.4, -0.2) is 25.1 Å². The van der Waals surface area contributed by atoms with Gasteiger partial charge in [0.1, 0.15) is 0 Å². The summed E-state index contributed by atoms with van der Waals surface area (Å²) in [5, 5.41) is 22.7. The van der Waals surface area contributed by atoms with Crippen molar-refractivity contribution in [1.29, 1.82) is 5.26 Å². The molecule has 0 bridgehead atoms. The van der Waals surface area contributed by atoms with Crippen LogP contribution in [0.2, 0.25) is 0 Å². The summed E-state index contributed by atoms with van der Waals surface area (Å²) in [6.07, 6.45) is 0. The molecule has 1 aromatic carbocycles. The van der Waals surface area contributed by atoms with Gasteiger partial charge < -0.3 is 10.2 Å². The minimum atomic E-state index is -0.411. The molecule has 0 aliphatic rings. The van der Waals surface area contributed by atoms with Crippen LogP contribution in [0.3, 0.4) is 0 Å². The van der Waals surface area contributed by atoms with Crippen molar-refractivity contribution < 1.29 is 4.92 Å². The maximum atomic E-state index is 10.9. The summed E-state index contributed by atoms with van der Waals surface area (Å²) in [6.45, 7) is 5.04. The maximum Gasteiger partial charge on any atom is 0.273 e. The number of hydrogen-bond acceptors (Lipinski definition) is 5. The van der Waals surface area contributed by atoms with Gasteiger partial charge in [-0.15, -0.1) is 0 Å². The predicted molar refractivity (Wildman–Crippen MR) is 75.3 cm³/mol. The molecule has 6 nitrogen and oxygen atoms in total. The first-order chi connectivity index (χ1) is 9.01. The van der Waals surface area contributed by atoms with Gasteiger partial charge >= 0.3 is 0 Å². The first kappa shape index (κ1) is 14.8. The highest BCUT2D eigenvalue weighted by atomic mass is 16.6. The topological polar surface area (TPSA) is 82.2 Å². The normalized spacial score (nSPS) is 11.5. The Bertz CT molecular complexity index is 496. The Morgan fingerprint density at radius 3 is 2.68 bits per heavy atom. The molecular weight excluding hydrogens is 244 g/mol. The van der Waals surface area contributed by atoms with Crippen molar-refractivity contribution in [3.05, 3.63) is 28.3 Å². The van der Waals surface area contributed by atoms with Gasteiger partial charge in [0.25, 0.3) is 5.69 Å². The molecule has 1 aromatic rings. The number of non-ortho nitro benzene ring substituents is 1. The van der Waals surface area contributed by atoms with E-state index in [2.05, 4.69) is 11.4 Å². The summed E-state index contributed by atoms with van der Waals surface area (Å²) < 4.78 is 0. The number of nitriles is 1. The number of rotatable bonds is 6. The average molecular weight is 262 g/mol. The van der Waals surface area contributed by atoms with E-state index in [1.54, 1.807) is 7.05 Å². The van der Waals surface area contributed by atoms with Gasteiger partial charge in [-0.2, -0.15) is 5.26 Å². The maximum absolute atomic E-state index is 10.9. The van der Waals surface area contributed by atoms with Crippen LogP contribution in [0.1, 0.15) is 13.8 Å². The molecule has 0 spiro atoms. The second-order valence-corrected chi connectivity index (χ2v) is 4.31. The van der Waals surface area contributed by atoms with E-state index in [4.69, 9.17) is 5.26 Å². The van der Waals surface area contributed by atoms with Gasteiger partial charge in [-0.1, -0.05) is 0 Å². The van der Waals surface area contributed by atoms with Gasteiger partial charge in [-0.05, 0) is 19.9 Å². The molecule has 0 heterocycles. The van der Waals surface area contributed by atoms with Crippen molar-refractivity contribution in [1.82, 2.24) is 0 Å². The van der Waals surface area contributed by atoms with E-state index in [1.165, 1.54) is 12.1 Å². The molecule has 1 rings (SSSR count). The van der Waals surface area contributed by atoms with Gasteiger partial charge in [0.15, 0.2) is 0 Å². The Labute approximate surface area is 112 Å². The molecule has 1 unspecified atom stereocenters. The van der Waals surface area contributed by atoms with Crippen LogP contribution in [-0.2, 0) is 0 Å². The van der Waals surface area contributed by atoms with Crippen molar-refractivity contribution >= 4 is 17.1 Å². The van der Waals surface area contributed by atoms with Crippen molar-refractivity contribution in [3.8, 4) is 6.07 Å². The highest BCUT2D eigenvalue weighted by Gasteiger charge is 2.14. The molecule has 0 amide bonds. The van der Waals surface area contributed by atoms with E-state index >= 15 is 0 Å². The summed E-state index contributed by atoms with van der Waals surface area (Å²) in [7, 11) is 1.72. The Morgan fingerprint density at radius 1 is 1.53 bits per heavy atom. The second kappa shape index (κ2) is 6.59. The monoisotopic (exact) mass is 262 g/mol. The zero-order valence-electron chi connectivity index (χ0n) is 11.4. The van der Waals surface area contributed by atoms with Crippen LogP contribution in [0.25, 0.3) is 0 Å². The summed E-state index contributed by atoms with van der Waals surface area (Å²) in [6, 6.07) is 7.05. The molecule has 0 saturated heterocycles. The van der Waals surface area contributed by atoms with E-state index in [-0.39, 0.29) is 11.6 Å². The third-order valence-corrected chi connectivity index (χ3v) is 2.86. The predicted octanol–water partition coefficient (Wildman–Crippen LogP) is 2.62. The Kier molecular flexibility index (Phi) is 5.12. The van der Waals surface area contributed by atoms with Crippen molar-refractivity contribution in [2.75, 3.05) is 30.4 Å². The fraction of sp³-hybridized carbons (Fsp3) is 0.462. The van der Waals surface area contributed by atoms with E-state index in [9.17, 15) is 10.1 Å². The fourth-order valence-corrected chi connectivity index (χ4v) is 1.82. The standard InChI is InChI=1S/C13H18N4O2/c1-4-16(9-10(2)8-14)12-5-11(15-3)6-13(7-12)17(18)19/h5-7,10,15H,4,9H2,1-3H3. The van der Waals surface area contributed by atoms with Gasteiger partial charge in [0.05, 0.1) is 16.9 Å². The first-order valence-corrected chi connectivity index (χ1v) is 6.13. The molecule has 102 valence electrons. The van der Waals surface area contributed by atoms with Gasteiger partial charge in [0.2, 0.25) is 0 Å². The summed E-state index contributed by atoms with van der Waals surface area (Å²) >= 11 is 0. The van der Waals surface area contributed by atoms with Crippen LogP contribution in [0.4, 0.5) is 17.1 Å². The SMILES string of the molecule is CCN(CC(C)C#N)c1cc(NC)cc([N+](=O)[O-])c1. The zero-order valence-corrected chi connectivity index (χ0v) is 11.4. The van der Waals surface area contributed by atoms with E-state index in [0.717, 1.165) is 5.69 Å². The zero-order chi connectivity index (χ0) is 14.4.